The van der Waals surface area contributed by atoms with E-state index in [4.69, 9.17) is 0 Å². The highest BCUT2D eigenvalue weighted by atomic mass is 19.1. The van der Waals surface area contributed by atoms with Crippen LogP contribution in [0, 0.1) is 23.5 Å². The first-order valence-electron chi connectivity index (χ1n) is 5.63. The highest BCUT2D eigenvalue weighted by molar-refractivity contribution is 5.94. The van der Waals surface area contributed by atoms with E-state index in [1.165, 1.54) is 6.07 Å². The maximum Gasteiger partial charge on any atom is 0.254 e. The maximum absolute atomic E-state index is 13.3. The average molecular weight is 238 g/mol. The van der Waals surface area contributed by atoms with Gasteiger partial charge in [-0.15, -0.1) is 0 Å². The van der Waals surface area contributed by atoms with Crippen LogP contribution in [-0.4, -0.2) is 25.0 Å². The number of benzene rings is 1. The number of carbonyl (C=O) groups is 1. The zero-order valence-electron chi connectivity index (χ0n) is 9.04. The van der Waals surface area contributed by atoms with Crippen LogP contribution in [0.4, 0.5) is 8.78 Å². The van der Waals surface area contributed by atoms with E-state index in [0.29, 0.717) is 11.8 Å². The van der Waals surface area contributed by atoms with Crippen LogP contribution < -0.4 is 10.6 Å². The molecule has 2 atom stereocenters. The van der Waals surface area contributed by atoms with Crippen LogP contribution in [0.3, 0.4) is 0 Å². The summed E-state index contributed by atoms with van der Waals surface area (Å²) in [5, 5.41) is 6.00. The largest absolute Gasteiger partial charge is 0.349 e. The Morgan fingerprint density at radius 1 is 1.29 bits per heavy atom. The van der Waals surface area contributed by atoms with Crippen molar-refractivity contribution in [2.24, 2.45) is 11.8 Å². The van der Waals surface area contributed by atoms with Crippen molar-refractivity contribution in [3.8, 4) is 0 Å². The number of nitrogens with one attached hydrogen (secondary N) is 2. The molecular formula is C12H12F2N2O. The van der Waals surface area contributed by atoms with Gasteiger partial charge in [0.1, 0.15) is 11.6 Å². The van der Waals surface area contributed by atoms with Gasteiger partial charge in [0.25, 0.3) is 5.91 Å². The summed E-state index contributed by atoms with van der Waals surface area (Å²) in [4.78, 5) is 11.8. The number of piperidine rings is 1. The Bertz CT molecular complexity index is 468. The fourth-order valence-corrected chi connectivity index (χ4v) is 2.54. The van der Waals surface area contributed by atoms with E-state index in [0.717, 1.165) is 25.2 Å². The Kier molecular flexibility index (Phi) is 2.36. The molecule has 17 heavy (non-hydrogen) atoms. The van der Waals surface area contributed by atoms with Crippen molar-refractivity contribution in [1.29, 1.82) is 0 Å². The Labute approximate surface area is 97.2 Å². The molecule has 1 aromatic carbocycles. The van der Waals surface area contributed by atoms with Crippen LogP contribution in [0.1, 0.15) is 10.4 Å². The van der Waals surface area contributed by atoms with Gasteiger partial charge >= 0.3 is 0 Å². The molecule has 5 heteroatoms. The summed E-state index contributed by atoms with van der Waals surface area (Å²) in [6.07, 6.45) is 0. The van der Waals surface area contributed by atoms with E-state index in [1.807, 2.05) is 0 Å². The third-order valence-corrected chi connectivity index (χ3v) is 3.57. The molecule has 2 aliphatic rings. The van der Waals surface area contributed by atoms with Gasteiger partial charge in [0, 0.05) is 25.2 Å². The molecule has 1 aliphatic carbocycles. The van der Waals surface area contributed by atoms with Crippen molar-refractivity contribution in [1.82, 2.24) is 10.6 Å². The summed E-state index contributed by atoms with van der Waals surface area (Å²) >= 11 is 0. The van der Waals surface area contributed by atoms with Crippen molar-refractivity contribution in [2.75, 3.05) is 13.1 Å². The molecule has 2 fully saturated rings. The molecule has 1 aliphatic heterocycles. The van der Waals surface area contributed by atoms with Gasteiger partial charge in [-0.1, -0.05) is 0 Å². The lowest BCUT2D eigenvalue weighted by Gasteiger charge is -2.08. The summed E-state index contributed by atoms with van der Waals surface area (Å²) in [5.74, 6) is -0.996. The number of amides is 1. The first-order valence-corrected chi connectivity index (χ1v) is 5.63. The molecule has 1 amide bonds. The smallest absolute Gasteiger partial charge is 0.254 e. The molecule has 1 aromatic rings. The number of hydrogen-bond acceptors (Lipinski definition) is 2. The number of hydrogen-bond donors (Lipinski definition) is 2. The van der Waals surface area contributed by atoms with Crippen LogP contribution in [0.5, 0.6) is 0 Å². The van der Waals surface area contributed by atoms with Gasteiger partial charge in [0.15, 0.2) is 0 Å². The Hall–Kier alpha value is -1.49. The van der Waals surface area contributed by atoms with Crippen molar-refractivity contribution in [2.45, 2.75) is 6.04 Å². The summed E-state index contributed by atoms with van der Waals surface area (Å²) in [6, 6.07) is 3.14. The molecule has 3 rings (SSSR count). The van der Waals surface area contributed by atoms with Crippen molar-refractivity contribution in [3.05, 3.63) is 35.4 Å². The molecule has 1 heterocycles. The van der Waals surface area contributed by atoms with Gasteiger partial charge in [0.2, 0.25) is 0 Å². The first kappa shape index (κ1) is 10.7. The van der Waals surface area contributed by atoms with Crippen LogP contribution in [-0.2, 0) is 0 Å². The lowest BCUT2D eigenvalue weighted by Crippen LogP contribution is -2.33. The standard InChI is InChI=1S/C12H12F2N2O/c13-6-1-2-7(10(14)3-6)12(17)16-11-8-4-15-5-9(8)11/h1-3,8-9,11,15H,4-5H2,(H,16,17). The minimum absolute atomic E-state index is 0.0932. The summed E-state index contributed by atoms with van der Waals surface area (Å²) < 4.78 is 26.0. The molecule has 3 nitrogen and oxygen atoms in total. The average Bonchev–Trinajstić information content (AvgIpc) is 2.74. The minimum Gasteiger partial charge on any atom is -0.349 e. The highest BCUT2D eigenvalue weighted by Gasteiger charge is 2.53. The van der Waals surface area contributed by atoms with Gasteiger partial charge in [-0.3, -0.25) is 4.79 Å². The number of carbonyl (C=O) groups excluding carboxylic acids is 1. The summed E-state index contributed by atoms with van der Waals surface area (Å²) in [5.41, 5.74) is -0.0932. The van der Waals surface area contributed by atoms with E-state index < -0.39 is 17.5 Å². The number of fused-ring (bicyclic) bond motifs is 1. The molecule has 2 N–H and O–H groups in total. The minimum atomic E-state index is -0.813. The molecule has 0 spiro atoms. The zero-order chi connectivity index (χ0) is 12.0. The van der Waals surface area contributed by atoms with E-state index in [2.05, 4.69) is 10.6 Å². The fraction of sp³-hybridized carbons (Fsp3) is 0.417. The molecule has 0 bridgehead atoms. The summed E-state index contributed by atoms with van der Waals surface area (Å²) in [6.45, 7) is 1.81. The fourth-order valence-electron chi connectivity index (χ4n) is 2.54. The molecule has 0 radical (unpaired) electrons. The normalized spacial score (nSPS) is 29.9. The van der Waals surface area contributed by atoms with Crippen LogP contribution in [0.2, 0.25) is 0 Å². The van der Waals surface area contributed by atoms with Crippen molar-refractivity contribution in [3.63, 3.8) is 0 Å². The van der Waals surface area contributed by atoms with E-state index in [9.17, 15) is 13.6 Å². The van der Waals surface area contributed by atoms with Gasteiger partial charge in [0.05, 0.1) is 5.56 Å². The number of halogens is 2. The first-order chi connectivity index (χ1) is 8.16. The Morgan fingerprint density at radius 3 is 2.65 bits per heavy atom. The third kappa shape index (κ3) is 1.80. The molecule has 0 aromatic heterocycles. The second kappa shape index (κ2) is 3.77. The van der Waals surface area contributed by atoms with Crippen molar-refractivity contribution < 1.29 is 13.6 Å². The van der Waals surface area contributed by atoms with Crippen LogP contribution in [0.25, 0.3) is 0 Å². The third-order valence-electron chi connectivity index (χ3n) is 3.57. The monoisotopic (exact) mass is 238 g/mol. The Morgan fingerprint density at radius 2 is 2.00 bits per heavy atom. The second-order valence-electron chi connectivity index (χ2n) is 4.61. The highest BCUT2D eigenvalue weighted by Crippen LogP contribution is 2.41. The molecular weight excluding hydrogens is 226 g/mol. The SMILES string of the molecule is O=C(NC1C2CNCC21)c1ccc(F)cc1F. The zero-order valence-corrected chi connectivity index (χ0v) is 9.04. The molecule has 1 saturated carbocycles. The van der Waals surface area contributed by atoms with E-state index in [-0.39, 0.29) is 11.6 Å². The Balaban J connectivity index is 1.70. The maximum atomic E-state index is 13.3. The molecule has 2 unspecified atom stereocenters. The van der Waals surface area contributed by atoms with Crippen molar-refractivity contribution >= 4 is 5.91 Å². The van der Waals surface area contributed by atoms with E-state index >= 15 is 0 Å². The molecule has 90 valence electrons. The predicted molar refractivity (Wildman–Crippen MR) is 57.5 cm³/mol. The topological polar surface area (TPSA) is 41.1 Å². The second-order valence-corrected chi connectivity index (χ2v) is 4.61. The van der Waals surface area contributed by atoms with Crippen LogP contribution in [0.15, 0.2) is 18.2 Å². The lowest BCUT2D eigenvalue weighted by atomic mass is 10.2. The summed E-state index contributed by atoms with van der Waals surface area (Å²) in [7, 11) is 0. The van der Waals surface area contributed by atoms with Gasteiger partial charge in [-0.05, 0) is 24.0 Å². The molecule has 1 saturated heterocycles. The van der Waals surface area contributed by atoms with Crippen LogP contribution >= 0.6 is 0 Å². The number of rotatable bonds is 2. The predicted octanol–water partition coefficient (Wildman–Crippen LogP) is 0.912. The quantitative estimate of drug-likeness (QED) is 0.804. The lowest BCUT2D eigenvalue weighted by molar-refractivity contribution is 0.0942. The van der Waals surface area contributed by atoms with Gasteiger partial charge in [-0.2, -0.15) is 0 Å². The van der Waals surface area contributed by atoms with Gasteiger partial charge < -0.3 is 10.6 Å². The van der Waals surface area contributed by atoms with Gasteiger partial charge in [-0.25, -0.2) is 8.78 Å². The van der Waals surface area contributed by atoms with E-state index in [1.54, 1.807) is 0 Å².